The highest BCUT2D eigenvalue weighted by molar-refractivity contribution is 9.10. The fraction of sp³-hybridized carbons (Fsp3) is 0.375. The average Bonchev–Trinajstić information content (AvgIpc) is 3.62. The van der Waals surface area contributed by atoms with Crippen LogP contribution in [-0.4, -0.2) is 29.5 Å². The van der Waals surface area contributed by atoms with Gasteiger partial charge in [0.05, 0.1) is 0 Å². The van der Waals surface area contributed by atoms with Crippen molar-refractivity contribution >= 4 is 26.7 Å². The minimum Gasteiger partial charge on any atom is -0.485 e. The first-order valence-electron chi connectivity index (χ1n) is 10.1. The third-order valence-corrected chi connectivity index (χ3v) is 6.66. The molecule has 2 aromatic carbocycles. The Morgan fingerprint density at radius 3 is 2.71 bits per heavy atom. The fourth-order valence-corrected chi connectivity index (χ4v) is 4.49. The Labute approximate surface area is 174 Å². The molecule has 0 N–H and O–H groups in total. The highest BCUT2D eigenvalue weighted by Gasteiger charge is 2.46. The number of hydrogen-bond donors (Lipinski definition) is 0. The van der Waals surface area contributed by atoms with Crippen LogP contribution in [0.3, 0.4) is 0 Å². The molecule has 4 heteroatoms. The van der Waals surface area contributed by atoms with Crippen molar-refractivity contribution in [1.82, 2.24) is 9.88 Å². The molecule has 0 aliphatic heterocycles. The second-order valence-electron chi connectivity index (χ2n) is 8.31. The summed E-state index contributed by atoms with van der Waals surface area (Å²) >= 11 is 3.56. The summed E-state index contributed by atoms with van der Waals surface area (Å²) in [5, 5.41) is 2.31. The molecule has 2 aliphatic rings. The number of nitrogens with zero attached hydrogens (tertiary/aromatic N) is 2. The molecule has 0 radical (unpaired) electrons. The maximum absolute atomic E-state index is 6.61. The van der Waals surface area contributed by atoms with Crippen molar-refractivity contribution in [3.8, 4) is 5.75 Å². The minimum atomic E-state index is 0.102. The zero-order valence-electron chi connectivity index (χ0n) is 16.1. The van der Waals surface area contributed by atoms with E-state index in [9.17, 15) is 0 Å². The molecule has 0 amide bonds. The number of fused-ring (bicyclic) bond motifs is 1. The van der Waals surface area contributed by atoms with Crippen molar-refractivity contribution in [3.63, 3.8) is 0 Å². The van der Waals surface area contributed by atoms with Gasteiger partial charge in [-0.25, -0.2) is 0 Å². The zero-order chi connectivity index (χ0) is 19.1. The van der Waals surface area contributed by atoms with E-state index in [1.165, 1.54) is 36.8 Å². The number of pyridine rings is 1. The number of benzene rings is 2. The minimum absolute atomic E-state index is 0.102. The molecule has 2 aliphatic carbocycles. The molecule has 5 rings (SSSR count). The smallest absolute Gasteiger partial charge is 0.127 e. The largest absolute Gasteiger partial charge is 0.485 e. The summed E-state index contributed by atoms with van der Waals surface area (Å²) < 4.78 is 7.71. The van der Waals surface area contributed by atoms with Crippen molar-refractivity contribution < 1.29 is 4.74 Å². The molecule has 3 unspecified atom stereocenters. The number of aromatic nitrogens is 1. The Balaban J connectivity index is 1.38. The lowest BCUT2D eigenvalue weighted by atomic mass is 10.0. The molecular weight excluding hydrogens is 412 g/mol. The third-order valence-electron chi connectivity index (χ3n) is 6.13. The van der Waals surface area contributed by atoms with Gasteiger partial charge in [0.2, 0.25) is 0 Å². The van der Waals surface area contributed by atoms with Gasteiger partial charge in [0.1, 0.15) is 11.9 Å². The molecule has 0 bridgehead atoms. The Morgan fingerprint density at radius 2 is 1.93 bits per heavy atom. The third kappa shape index (κ3) is 3.94. The van der Waals surface area contributed by atoms with Crippen molar-refractivity contribution in [2.24, 2.45) is 11.8 Å². The Kier molecular flexibility index (Phi) is 4.85. The number of hydrogen-bond acceptors (Lipinski definition) is 3. The van der Waals surface area contributed by atoms with Gasteiger partial charge in [-0.2, -0.15) is 0 Å². The molecule has 2 saturated carbocycles. The first-order chi connectivity index (χ1) is 13.7. The Morgan fingerprint density at radius 1 is 1.11 bits per heavy atom. The molecule has 3 nitrogen and oxygen atoms in total. The maximum atomic E-state index is 6.61. The van der Waals surface area contributed by atoms with Crippen LogP contribution in [0.5, 0.6) is 5.75 Å². The summed E-state index contributed by atoms with van der Waals surface area (Å²) in [6, 6.07) is 17.8. The predicted molar refractivity (Wildman–Crippen MR) is 117 cm³/mol. The summed E-state index contributed by atoms with van der Waals surface area (Å²) in [5.41, 5.74) is 1.26. The van der Waals surface area contributed by atoms with Gasteiger partial charge in [-0.3, -0.25) is 4.98 Å². The van der Waals surface area contributed by atoms with E-state index >= 15 is 0 Å². The number of halogens is 1. The zero-order valence-corrected chi connectivity index (χ0v) is 17.7. The molecule has 1 heterocycles. The van der Waals surface area contributed by atoms with E-state index in [1.807, 2.05) is 18.5 Å². The lowest BCUT2D eigenvalue weighted by Gasteiger charge is -2.22. The van der Waals surface area contributed by atoms with Crippen LogP contribution in [0.4, 0.5) is 0 Å². The SMILES string of the molecule is CN(CC1CC1C(Oc1ccc2cnccc2c1)c1ccc(Br)cc1)C1CC1. The van der Waals surface area contributed by atoms with Crippen LogP contribution in [0.15, 0.2) is 65.4 Å². The van der Waals surface area contributed by atoms with Crippen molar-refractivity contribution in [1.29, 1.82) is 0 Å². The average molecular weight is 437 g/mol. The van der Waals surface area contributed by atoms with Crippen LogP contribution in [0.2, 0.25) is 0 Å². The van der Waals surface area contributed by atoms with E-state index in [4.69, 9.17) is 4.74 Å². The first-order valence-corrected chi connectivity index (χ1v) is 10.9. The molecule has 0 spiro atoms. The van der Waals surface area contributed by atoms with Crippen molar-refractivity contribution in [2.45, 2.75) is 31.4 Å². The first kappa shape index (κ1) is 18.1. The monoisotopic (exact) mass is 436 g/mol. The quantitative estimate of drug-likeness (QED) is 0.464. The lowest BCUT2D eigenvalue weighted by Crippen LogP contribution is -2.24. The summed E-state index contributed by atoms with van der Waals surface area (Å²) in [6.07, 6.45) is 7.82. The van der Waals surface area contributed by atoms with E-state index < -0.39 is 0 Å². The van der Waals surface area contributed by atoms with Crippen molar-refractivity contribution in [2.75, 3.05) is 13.6 Å². The van der Waals surface area contributed by atoms with Crippen LogP contribution in [0.25, 0.3) is 10.8 Å². The van der Waals surface area contributed by atoms with Gasteiger partial charge in [-0.05, 0) is 79.6 Å². The van der Waals surface area contributed by atoms with Gasteiger partial charge < -0.3 is 9.64 Å². The van der Waals surface area contributed by atoms with Gasteiger partial charge in [-0.1, -0.05) is 28.1 Å². The molecular formula is C24H25BrN2O. The molecule has 2 fully saturated rings. The van der Waals surface area contributed by atoms with Crippen molar-refractivity contribution in [3.05, 3.63) is 71.0 Å². The van der Waals surface area contributed by atoms with E-state index in [-0.39, 0.29) is 6.10 Å². The van der Waals surface area contributed by atoms with Gasteiger partial charge in [0, 0.05) is 40.8 Å². The predicted octanol–water partition coefficient (Wildman–Crippen LogP) is 5.85. The van der Waals surface area contributed by atoms with Crippen LogP contribution in [0.1, 0.15) is 30.9 Å². The number of rotatable bonds is 7. The van der Waals surface area contributed by atoms with Crippen LogP contribution >= 0.6 is 15.9 Å². The standard InChI is InChI=1S/C24H25BrN2O/c1-27(21-7-8-21)15-19-13-23(19)24(16-2-5-20(25)6-3-16)28-22-9-4-18-14-26-11-10-17(18)12-22/h2-6,9-12,14,19,21,23-24H,7-8,13,15H2,1H3. The van der Waals surface area contributed by atoms with Gasteiger partial charge in [0.15, 0.2) is 0 Å². The molecule has 3 aromatic rings. The topological polar surface area (TPSA) is 25.4 Å². The molecule has 28 heavy (non-hydrogen) atoms. The van der Waals surface area contributed by atoms with Gasteiger partial charge in [0.25, 0.3) is 0 Å². The highest BCUT2D eigenvalue weighted by atomic mass is 79.9. The number of ether oxygens (including phenoxy) is 1. The van der Waals surface area contributed by atoms with Gasteiger partial charge >= 0.3 is 0 Å². The van der Waals surface area contributed by atoms with Crippen LogP contribution in [-0.2, 0) is 0 Å². The van der Waals surface area contributed by atoms with E-state index in [1.54, 1.807) is 0 Å². The van der Waals surface area contributed by atoms with Crippen LogP contribution in [0, 0.1) is 11.8 Å². The normalized spacial score (nSPS) is 22.4. The summed E-state index contributed by atoms with van der Waals surface area (Å²) in [4.78, 5) is 6.75. The van der Waals surface area contributed by atoms with Gasteiger partial charge in [-0.15, -0.1) is 0 Å². The summed E-state index contributed by atoms with van der Waals surface area (Å²) in [7, 11) is 2.28. The lowest BCUT2D eigenvalue weighted by molar-refractivity contribution is 0.168. The van der Waals surface area contributed by atoms with E-state index in [2.05, 4.69) is 75.3 Å². The summed E-state index contributed by atoms with van der Waals surface area (Å²) in [6.45, 7) is 1.19. The Hall–Kier alpha value is -1.91. The molecule has 3 atom stereocenters. The highest BCUT2D eigenvalue weighted by Crippen LogP contribution is 2.50. The maximum Gasteiger partial charge on any atom is 0.127 e. The fourth-order valence-electron chi connectivity index (χ4n) is 4.22. The van der Waals surface area contributed by atoms with E-state index in [0.717, 1.165) is 27.6 Å². The Bertz CT molecular complexity index is 970. The second kappa shape index (κ2) is 7.49. The summed E-state index contributed by atoms with van der Waals surface area (Å²) in [5.74, 6) is 2.24. The molecule has 1 aromatic heterocycles. The van der Waals surface area contributed by atoms with Crippen LogP contribution < -0.4 is 4.74 Å². The molecule has 0 saturated heterocycles. The van der Waals surface area contributed by atoms with E-state index in [0.29, 0.717) is 5.92 Å². The second-order valence-corrected chi connectivity index (χ2v) is 9.22. The molecule has 144 valence electrons.